The van der Waals surface area contributed by atoms with Gasteiger partial charge in [0.25, 0.3) is 5.91 Å². The van der Waals surface area contributed by atoms with Gasteiger partial charge < -0.3 is 10.6 Å². The molecule has 0 aliphatic rings. The maximum atomic E-state index is 12.1. The number of hydrogen-bond acceptors (Lipinski definition) is 3. The van der Waals surface area contributed by atoms with Crippen LogP contribution < -0.4 is 5.73 Å². The molecule has 17 heavy (non-hydrogen) atoms. The Hall–Kier alpha value is -1.01. The lowest BCUT2D eigenvalue weighted by atomic mass is 10.3. The van der Waals surface area contributed by atoms with Gasteiger partial charge in [0.2, 0.25) is 0 Å². The Balaban J connectivity index is 2.83. The minimum absolute atomic E-state index is 0.146. The molecular weight excluding hydrogens is 302 g/mol. The van der Waals surface area contributed by atoms with Crippen molar-refractivity contribution in [1.29, 1.82) is 0 Å². The van der Waals surface area contributed by atoms with Gasteiger partial charge in [-0.05, 0) is 34.5 Å². The Kier molecular flexibility index (Phi) is 5.50. The molecule has 1 rings (SSSR count). The Morgan fingerprint density at radius 3 is 2.76 bits per heavy atom. The third-order valence-corrected chi connectivity index (χ3v) is 2.67. The van der Waals surface area contributed by atoms with Gasteiger partial charge in [0.05, 0.1) is 11.5 Å². The van der Waals surface area contributed by atoms with Crippen molar-refractivity contribution in [3.63, 3.8) is 0 Å². The molecule has 0 unspecified atom stereocenters. The lowest BCUT2D eigenvalue weighted by Gasteiger charge is -2.20. The molecule has 4 nitrogen and oxygen atoms in total. The summed E-state index contributed by atoms with van der Waals surface area (Å²) in [5, 5.41) is 0. The summed E-state index contributed by atoms with van der Waals surface area (Å²) < 4.78 is 0.838. The summed E-state index contributed by atoms with van der Waals surface area (Å²) in [7, 11) is 0. The number of rotatable bonds is 5. The summed E-state index contributed by atoms with van der Waals surface area (Å²) in [5.41, 5.74) is 5.87. The molecule has 1 heterocycles. The first kappa shape index (κ1) is 14.1. The molecule has 0 radical (unpaired) electrons. The van der Waals surface area contributed by atoms with Crippen molar-refractivity contribution >= 4 is 39.0 Å². The largest absolute Gasteiger partial charge is 0.392 e. The van der Waals surface area contributed by atoms with E-state index in [0.29, 0.717) is 23.8 Å². The maximum absolute atomic E-state index is 12.1. The Labute approximate surface area is 114 Å². The Bertz CT molecular complexity index is 408. The van der Waals surface area contributed by atoms with Gasteiger partial charge in [0.15, 0.2) is 0 Å². The van der Waals surface area contributed by atoms with Crippen molar-refractivity contribution in [3.8, 4) is 0 Å². The van der Waals surface area contributed by atoms with Crippen LogP contribution in [-0.4, -0.2) is 33.9 Å². The van der Waals surface area contributed by atoms with Crippen LogP contribution in [0.15, 0.2) is 22.8 Å². The predicted octanol–water partition coefficient (Wildman–Crippen LogP) is 1.98. The third kappa shape index (κ3) is 4.40. The average molecular weight is 316 g/mol. The van der Waals surface area contributed by atoms with Crippen molar-refractivity contribution in [2.24, 2.45) is 5.73 Å². The zero-order valence-corrected chi connectivity index (χ0v) is 11.9. The highest BCUT2D eigenvalue weighted by Crippen LogP contribution is 2.09. The number of aromatic nitrogens is 1. The van der Waals surface area contributed by atoms with Gasteiger partial charge in [-0.15, -0.1) is 0 Å². The van der Waals surface area contributed by atoms with Gasteiger partial charge in [0.1, 0.15) is 5.69 Å². The normalized spacial score (nSPS) is 10.0. The van der Waals surface area contributed by atoms with E-state index in [0.717, 1.165) is 10.9 Å². The summed E-state index contributed by atoms with van der Waals surface area (Å²) in [6.45, 7) is 2.91. The first-order chi connectivity index (χ1) is 8.04. The zero-order chi connectivity index (χ0) is 12.8. The van der Waals surface area contributed by atoms with Crippen LogP contribution in [0.2, 0.25) is 0 Å². The van der Waals surface area contributed by atoms with E-state index >= 15 is 0 Å². The number of pyridine rings is 1. The van der Waals surface area contributed by atoms with Crippen LogP contribution in [0.3, 0.4) is 0 Å². The predicted molar refractivity (Wildman–Crippen MR) is 74.9 cm³/mol. The van der Waals surface area contributed by atoms with Crippen molar-refractivity contribution in [1.82, 2.24) is 9.88 Å². The van der Waals surface area contributed by atoms with Crippen LogP contribution in [0, 0.1) is 0 Å². The molecule has 0 aromatic carbocycles. The quantitative estimate of drug-likeness (QED) is 0.844. The van der Waals surface area contributed by atoms with Crippen molar-refractivity contribution < 1.29 is 4.79 Å². The van der Waals surface area contributed by atoms with Gasteiger partial charge in [-0.25, -0.2) is 4.98 Å². The van der Waals surface area contributed by atoms with Crippen molar-refractivity contribution in [2.45, 2.75) is 13.3 Å². The molecule has 0 fully saturated rings. The molecule has 1 amide bonds. The highest BCUT2D eigenvalue weighted by molar-refractivity contribution is 9.10. The molecule has 0 atom stereocenters. The number of halogens is 1. The number of amides is 1. The summed E-state index contributed by atoms with van der Waals surface area (Å²) in [6, 6.07) is 3.46. The molecule has 0 saturated carbocycles. The van der Waals surface area contributed by atoms with E-state index in [-0.39, 0.29) is 5.91 Å². The molecule has 0 bridgehead atoms. The SMILES string of the molecule is CCCN(CC(N)=S)C(=O)c1ccc(Br)cn1. The minimum atomic E-state index is -0.146. The highest BCUT2D eigenvalue weighted by Gasteiger charge is 2.16. The van der Waals surface area contributed by atoms with E-state index in [4.69, 9.17) is 18.0 Å². The van der Waals surface area contributed by atoms with Gasteiger partial charge in [-0.1, -0.05) is 19.1 Å². The monoisotopic (exact) mass is 315 g/mol. The van der Waals surface area contributed by atoms with Crippen LogP contribution in [-0.2, 0) is 0 Å². The number of nitrogens with zero attached hydrogens (tertiary/aromatic N) is 2. The third-order valence-electron chi connectivity index (χ3n) is 2.07. The molecule has 6 heteroatoms. The minimum Gasteiger partial charge on any atom is -0.392 e. The highest BCUT2D eigenvalue weighted by atomic mass is 79.9. The van der Waals surface area contributed by atoms with Crippen molar-refractivity contribution in [3.05, 3.63) is 28.5 Å². The second-order valence-corrected chi connectivity index (χ2v) is 4.99. The summed E-state index contributed by atoms with van der Waals surface area (Å²) >= 11 is 8.11. The molecule has 0 saturated heterocycles. The van der Waals surface area contributed by atoms with Gasteiger partial charge in [-0.3, -0.25) is 4.79 Å². The smallest absolute Gasteiger partial charge is 0.272 e. The number of thiocarbonyl (C=S) groups is 1. The summed E-state index contributed by atoms with van der Waals surface area (Å²) in [6.07, 6.45) is 2.45. The first-order valence-corrected chi connectivity index (χ1v) is 6.44. The van der Waals surface area contributed by atoms with Crippen LogP contribution in [0.4, 0.5) is 0 Å². The lowest BCUT2D eigenvalue weighted by molar-refractivity contribution is 0.0774. The molecule has 1 aromatic rings. The van der Waals surface area contributed by atoms with Crippen molar-refractivity contribution in [2.75, 3.05) is 13.1 Å². The van der Waals surface area contributed by atoms with E-state index < -0.39 is 0 Å². The maximum Gasteiger partial charge on any atom is 0.272 e. The molecular formula is C11H14BrN3OS. The fourth-order valence-corrected chi connectivity index (χ4v) is 1.77. The zero-order valence-electron chi connectivity index (χ0n) is 9.52. The molecule has 92 valence electrons. The number of nitrogens with two attached hydrogens (primary N) is 1. The lowest BCUT2D eigenvalue weighted by Crippen LogP contribution is -2.38. The van der Waals surface area contributed by atoms with E-state index in [1.165, 1.54) is 0 Å². The van der Waals surface area contributed by atoms with E-state index in [1.807, 2.05) is 6.92 Å². The standard InChI is InChI=1S/C11H14BrN3OS/c1-2-5-15(7-10(13)17)11(16)9-4-3-8(12)6-14-9/h3-4,6H,2,5,7H2,1H3,(H2,13,17). The van der Waals surface area contributed by atoms with E-state index in [9.17, 15) is 4.79 Å². The molecule has 0 aliphatic carbocycles. The number of carbonyl (C=O) groups is 1. The Morgan fingerprint density at radius 1 is 1.59 bits per heavy atom. The first-order valence-electron chi connectivity index (χ1n) is 5.23. The second-order valence-electron chi connectivity index (χ2n) is 3.55. The number of carbonyl (C=O) groups excluding carboxylic acids is 1. The van der Waals surface area contributed by atoms with Gasteiger partial charge in [-0.2, -0.15) is 0 Å². The molecule has 1 aromatic heterocycles. The fourth-order valence-electron chi connectivity index (χ4n) is 1.37. The number of hydrogen-bond donors (Lipinski definition) is 1. The topological polar surface area (TPSA) is 59.2 Å². The van der Waals surface area contributed by atoms with Crippen LogP contribution in [0.1, 0.15) is 23.8 Å². The fraction of sp³-hybridized carbons (Fsp3) is 0.364. The van der Waals surface area contributed by atoms with E-state index in [2.05, 4.69) is 20.9 Å². The average Bonchev–Trinajstić information content (AvgIpc) is 2.28. The van der Waals surface area contributed by atoms with E-state index in [1.54, 1.807) is 23.2 Å². The van der Waals surface area contributed by atoms with Gasteiger partial charge in [0, 0.05) is 17.2 Å². The summed E-state index contributed by atoms with van der Waals surface area (Å²) in [5.74, 6) is -0.146. The van der Waals surface area contributed by atoms with Crippen LogP contribution in [0.25, 0.3) is 0 Å². The second kappa shape index (κ2) is 6.66. The van der Waals surface area contributed by atoms with Crippen LogP contribution in [0.5, 0.6) is 0 Å². The Morgan fingerprint density at radius 2 is 2.29 bits per heavy atom. The molecule has 0 spiro atoms. The summed E-state index contributed by atoms with van der Waals surface area (Å²) in [4.78, 5) is 18.1. The van der Waals surface area contributed by atoms with Crippen LogP contribution >= 0.6 is 28.1 Å². The molecule has 0 aliphatic heterocycles. The molecule has 2 N–H and O–H groups in total. The van der Waals surface area contributed by atoms with Gasteiger partial charge >= 0.3 is 0 Å².